The molecule has 4 rings (SSSR count). The molecule has 4 aromatic rings. The van der Waals surface area contributed by atoms with E-state index in [9.17, 15) is 4.39 Å². The number of pyridine rings is 1. The van der Waals surface area contributed by atoms with Gasteiger partial charge in [-0.2, -0.15) is 5.10 Å². The first-order chi connectivity index (χ1) is 11.6. The molecule has 6 nitrogen and oxygen atoms in total. The second kappa shape index (κ2) is 5.23. The zero-order chi connectivity index (χ0) is 16.8. The van der Waals surface area contributed by atoms with Crippen molar-refractivity contribution in [3.8, 4) is 17.0 Å². The number of rotatable bonds is 2. The molecule has 0 spiro atoms. The molecule has 3 aromatic heterocycles. The molecule has 0 radical (unpaired) electrons. The third-order valence-electron chi connectivity index (χ3n) is 4.05. The highest BCUT2D eigenvalue weighted by Gasteiger charge is 2.19. The first-order valence-corrected chi connectivity index (χ1v) is 7.38. The standard InChI is InChI=1S/C17H14FN5O/c1-9-11(5-4-6-19-9)16-14-12-7-10(18)8-13(24-3)15(12)20-21-17(14)23(2)22-16/h4-8H,1-3H3. The molecule has 0 fully saturated rings. The van der Waals surface area contributed by atoms with E-state index in [0.29, 0.717) is 28.0 Å². The van der Waals surface area contributed by atoms with Crippen LogP contribution in [0.15, 0.2) is 30.5 Å². The van der Waals surface area contributed by atoms with Crippen molar-refractivity contribution >= 4 is 21.9 Å². The van der Waals surface area contributed by atoms with Crippen molar-refractivity contribution in [1.82, 2.24) is 25.0 Å². The fraction of sp³-hybridized carbons (Fsp3) is 0.176. The molecule has 0 N–H and O–H groups in total. The summed E-state index contributed by atoms with van der Waals surface area (Å²) < 4.78 is 21.0. The summed E-state index contributed by atoms with van der Waals surface area (Å²) in [6, 6.07) is 6.52. The average Bonchev–Trinajstić information content (AvgIpc) is 2.91. The lowest BCUT2D eigenvalue weighted by molar-refractivity contribution is 0.415. The maximum atomic E-state index is 14.1. The molecule has 0 aliphatic rings. The third kappa shape index (κ3) is 2.01. The molecule has 0 unspecified atom stereocenters. The minimum atomic E-state index is -0.397. The fourth-order valence-electron chi connectivity index (χ4n) is 2.92. The van der Waals surface area contributed by atoms with E-state index in [1.807, 2.05) is 19.1 Å². The number of hydrogen-bond acceptors (Lipinski definition) is 5. The van der Waals surface area contributed by atoms with Gasteiger partial charge in [-0.15, -0.1) is 10.2 Å². The fourth-order valence-corrected chi connectivity index (χ4v) is 2.92. The first kappa shape index (κ1) is 14.5. The number of halogens is 1. The van der Waals surface area contributed by atoms with Gasteiger partial charge in [-0.3, -0.25) is 4.98 Å². The van der Waals surface area contributed by atoms with Gasteiger partial charge in [0.1, 0.15) is 22.8 Å². The predicted molar refractivity (Wildman–Crippen MR) is 88.3 cm³/mol. The van der Waals surface area contributed by atoms with Gasteiger partial charge in [0.05, 0.1) is 12.5 Å². The summed E-state index contributed by atoms with van der Waals surface area (Å²) in [5, 5.41) is 14.4. The molecular weight excluding hydrogens is 309 g/mol. The van der Waals surface area contributed by atoms with Crippen LogP contribution in [0, 0.1) is 12.7 Å². The van der Waals surface area contributed by atoms with Crippen LogP contribution in [0.3, 0.4) is 0 Å². The van der Waals surface area contributed by atoms with Gasteiger partial charge in [-0.1, -0.05) is 0 Å². The van der Waals surface area contributed by atoms with E-state index in [1.165, 1.54) is 19.2 Å². The number of benzene rings is 1. The number of aromatic nitrogens is 5. The summed E-state index contributed by atoms with van der Waals surface area (Å²) in [7, 11) is 3.27. The van der Waals surface area contributed by atoms with Gasteiger partial charge in [0.2, 0.25) is 0 Å². The Morgan fingerprint density at radius 1 is 1.21 bits per heavy atom. The Morgan fingerprint density at radius 3 is 2.79 bits per heavy atom. The van der Waals surface area contributed by atoms with E-state index in [1.54, 1.807) is 17.9 Å². The second-order valence-corrected chi connectivity index (χ2v) is 5.51. The minimum absolute atomic E-state index is 0.345. The molecule has 24 heavy (non-hydrogen) atoms. The summed E-state index contributed by atoms with van der Waals surface area (Å²) in [5.41, 5.74) is 3.49. The van der Waals surface area contributed by atoms with Crippen LogP contribution in [0.1, 0.15) is 5.69 Å². The molecule has 0 atom stereocenters. The number of methoxy groups -OCH3 is 1. The van der Waals surface area contributed by atoms with Crippen molar-refractivity contribution in [3.05, 3.63) is 42.0 Å². The van der Waals surface area contributed by atoms with Crippen molar-refractivity contribution < 1.29 is 9.13 Å². The number of fused-ring (bicyclic) bond motifs is 3. The summed E-state index contributed by atoms with van der Waals surface area (Å²) in [6.45, 7) is 1.91. The molecule has 0 aliphatic heterocycles. The summed E-state index contributed by atoms with van der Waals surface area (Å²) >= 11 is 0. The van der Waals surface area contributed by atoms with E-state index in [2.05, 4.69) is 20.3 Å². The van der Waals surface area contributed by atoms with Gasteiger partial charge < -0.3 is 4.74 Å². The monoisotopic (exact) mass is 323 g/mol. The lowest BCUT2D eigenvalue weighted by Crippen LogP contribution is -1.96. The van der Waals surface area contributed by atoms with Crippen LogP contribution >= 0.6 is 0 Å². The molecule has 0 bridgehead atoms. The average molecular weight is 323 g/mol. The highest BCUT2D eigenvalue weighted by atomic mass is 19.1. The Morgan fingerprint density at radius 2 is 2.04 bits per heavy atom. The van der Waals surface area contributed by atoms with Gasteiger partial charge in [-0.25, -0.2) is 9.07 Å². The molecule has 7 heteroatoms. The van der Waals surface area contributed by atoms with Crippen molar-refractivity contribution in [2.45, 2.75) is 6.92 Å². The third-order valence-corrected chi connectivity index (χ3v) is 4.05. The second-order valence-electron chi connectivity index (χ2n) is 5.51. The topological polar surface area (TPSA) is 65.7 Å². The minimum Gasteiger partial charge on any atom is -0.494 e. The van der Waals surface area contributed by atoms with Crippen molar-refractivity contribution in [3.63, 3.8) is 0 Å². The summed E-state index contributed by atoms with van der Waals surface area (Å²) in [4.78, 5) is 4.32. The van der Waals surface area contributed by atoms with Crippen LogP contribution in [0.5, 0.6) is 5.75 Å². The normalized spacial score (nSPS) is 11.3. The van der Waals surface area contributed by atoms with E-state index >= 15 is 0 Å². The molecule has 0 amide bonds. The number of nitrogens with zero attached hydrogens (tertiary/aromatic N) is 5. The van der Waals surface area contributed by atoms with Crippen LogP contribution in [0.2, 0.25) is 0 Å². The van der Waals surface area contributed by atoms with Gasteiger partial charge in [-0.05, 0) is 25.1 Å². The molecule has 3 heterocycles. The van der Waals surface area contributed by atoms with Crippen LogP contribution in [0.4, 0.5) is 4.39 Å². The van der Waals surface area contributed by atoms with E-state index in [0.717, 1.165) is 16.6 Å². The molecule has 0 saturated heterocycles. The maximum absolute atomic E-state index is 14.1. The Bertz CT molecular complexity index is 1090. The predicted octanol–water partition coefficient (Wildman–Crippen LogP) is 3.03. The Hall–Kier alpha value is -3.09. The molecular formula is C17H14FN5O. The van der Waals surface area contributed by atoms with Crippen LogP contribution in [-0.4, -0.2) is 32.1 Å². The SMILES string of the molecule is COc1cc(F)cc2c1nnc1c2c(-c2cccnc2C)nn1C. The van der Waals surface area contributed by atoms with Crippen LogP contribution in [0.25, 0.3) is 33.2 Å². The zero-order valence-electron chi connectivity index (χ0n) is 13.4. The highest BCUT2D eigenvalue weighted by molar-refractivity contribution is 6.11. The number of hydrogen-bond donors (Lipinski definition) is 0. The lowest BCUT2D eigenvalue weighted by Gasteiger charge is -2.07. The number of aryl methyl sites for hydroxylation is 2. The van der Waals surface area contributed by atoms with E-state index in [4.69, 9.17) is 4.74 Å². The Labute approximate surface area is 136 Å². The highest BCUT2D eigenvalue weighted by Crippen LogP contribution is 2.35. The molecule has 120 valence electrons. The Kier molecular flexibility index (Phi) is 3.16. The van der Waals surface area contributed by atoms with E-state index < -0.39 is 5.82 Å². The molecule has 1 aromatic carbocycles. The van der Waals surface area contributed by atoms with Gasteiger partial charge in [0.15, 0.2) is 5.65 Å². The largest absolute Gasteiger partial charge is 0.494 e. The van der Waals surface area contributed by atoms with E-state index in [-0.39, 0.29) is 0 Å². The summed E-state index contributed by atoms with van der Waals surface area (Å²) in [6.07, 6.45) is 1.73. The van der Waals surface area contributed by atoms with Gasteiger partial charge in [0, 0.05) is 36.0 Å². The maximum Gasteiger partial charge on any atom is 0.181 e. The molecule has 0 aliphatic carbocycles. The zero-order valence-corrected chi connectivity index (χ0v) is 13.4. The van der Waals surface area contributed by atoms with Gasteiger partial charge in [0.25, 0.3) is 0 Å². The molecule has 0 saturated carbocycles. The van der Waals surface area contributed by atoms with Crippen LogP contribution < -0.4 is 4.74 Å². The quantitative estimate of drug-likeness (QED) is 0.567. The van der Waals surface area contributed by atoms with Crippen molar-refractivity contribution in [1.29, 1.82) is 0 Å². The van der Waals surface area contributed by atoms with Crippen LogP contribution in [-0.2, 0) is 7.05 Å². The van der Waals surface area contributed by atoms with Crippen molar-refractivity contribution in [2.24, 2.45) is 7.05 Å². The Balaban J connectivity index is 2.20. The van der Waals surface area contributed by atoms with Gasteiger partial charge >= 0.3 is 0 Å². The summed E-state index contributed by atoms with van der Waals surface area (Å²) in [5.74, 6) is -0.0523. The lowest BCUT2D eigenvalue weighted by atomic mass is 10.0. The first-order valence-electron chi connectivity index (χ1n) is 7.38. The number of ether oxygens (including phenoxy) is 1. The van der Waals surface area contributed by atoms with Crippen molar-refractivity contribution in [2.75, 3.05) is 7.11 Å². The smallest absolute Gasteiger partial charge is 0.181 e.